The highest BCUT2D eigenvalue weighted by Crippen LogP contribution is 2.47. The second-order valence-corrected chi connectivity index (χ2v) is 6.18. The molecule has 2 saturated carbocycles. The van der Waals surface area contributed by atoms with E-state index in [-0.39, 0.29) is 0 Å². The second kappa shape index (κ2) is 3.90. The third-order valence-electron chi connectivity index (χ3n) is 4.44. The molecule has 0 aromatic carbocycles. The van der Waals surface area contributed by atoms with E-state index in [1.54, 1.807) is 6.20 Å². The van der Waals surface area contributed by atoms with E-state index in [2.05, 4.69) is 27.3 Å². The molecule has 0 aliphatic heterocycles. The van der Waals surface area contributed by atoms with Crippen LogP contribution in [-0.4, -0.2) is 20.3 Å². The Bertz CT molecular complexity index is 833. The molecule has 6 heteroatoms. The van der Waals surface area contributed by atoms with E-state index >= 15 is 0 Å². The molecule has 3 aromatic rings. The highest BCUT2D eigenvalue weighted by Gasteiger charge is 2.38. The van der Waals surface area contributed by atoms with Crippen LogP contribution in [0.4, 0.5) is 0 Å². The molecular formula is C15H14N4O2. The summed E-state index contributed by atoms with van der Waals surface area (Å²) in [6.45, 7) is 2.20. The number of hydrogen-bond donors (Lipinski definition) is 0. The predicted octanol–water partition coefficient (Wildman–Crippen LogP) is 3.27. The third-order valence-corrected chi connectivity index (χ3v) is 4.44. The summed E-state index contributed by atoms with van der Waals surface area (Å²) in [5.41, 5.74) is 2.42. The quantitative estimate of drug-likeness (QED) is 0.733. The van der Waals surface area contributed by atoms with Crippen LogP contribution in [0.25, 0.3) is 22.6 Å². The summed E-state index contributed by atoms with van der Waals surface area (Å²) >= 11 is 0. The Morgan fingerprint density at radius 2 is 2.10 bits per heavy atom. The molecule has 21 heavy (non-hydrogen) atoms. The molecule has 3 heterocycles. The maximum atomic E-state index is 5.79. The summed E-state index contributed by atoms with van der Waals surface area (Å²) in [6, 6.07) is 2.00. The summed E-state index contributed by atoms with van der Waals surface area (Å²) in [5.74, 6) is 2.87. The van der Waals surface area contributed by atoms with E-state index < -0.39 is 0 Å². The minimum atomic E-state index is 0.431. The van der Waals surface area contributed by atoms with Gasteiger partial charge in [0.05, 0.1) is 16.6 Å². The van der Waals surface area contributed by atoms with Crippen LogP contribution in [0, 0.1) is 5.92 Å². The molecule has 2 atom stereocenters. The van der Waals surface area contributed by atoms with Crippen molar-refractivity contribution in [2.75, 3.05) is 0 Å². The van der Waals surface area contributed by atoms with Gasteiger partial charge in [-0.25, -0.2) is 4.98 Å². The van der Waals surface area contributed by atoms with Gasteiger partial charge < -0.3 is 8.94 Å². The van der Waals surface area contributed by atoms with E-state index in [0.717, 1.165) is 29.0 Å². The molecule has 0 saturated heterocycles. The summed E-state index contributed by atoms with van der Waals surface area (Å²) < 4.78 is 11.1. The van der Waals surface area contributed by atoms with Crippen LogP contribution >= 0.6 is 0 Å². The Hall–Kier alpha value is -2.24. The van der Waals surface area contributed by atoms with Gasteiger partial charge in [0.15, 0.2) is 0 Å². The summed E-state index contributed by atoms with van der Waals surface area (Å²) in [7, 11) is 0. The van der Waals surface area contributed by atoms with Crippen LogP contribution < -0.4 is 0 Å². The van der Waals surface area contributed by atoms with E-state index in [1.165, 1.54) is 12.8 Å². The van der Waals surface area contributed by atoms with Crippen LogP contribution in [0.3, 0.4) is 0 Å². The van der Waals surface area contributed by atoms with Crippen LogP contribution in [0.1, 0.15) is 49.6 Å². The largest absolute Gasteiger partial charge is 0.420 e. The van der Waals surface area contributed by atoms with Gasteiger partial charge in [-0.2, -0.15) is 0 Å². The van der Waals surface area contributed by atoms with Crippen molar-refractivity contribution in [3.05, 3.63) is 23.8 Å². The zero-order valence-electron chi connectivity index (χ0n) is 11.6. The monoisotopic (exact) mass is 282 g/mol. The molecule has 106 valence electrons. The minimum absolute atomic E-state index is 0.431. The molecule has 0 bridgehead atoms. The maximum Gasteiger partial charge on any atom is 0.257 e. The smallest absolute Gasteiger partial charge is 0.257 e. The minimum Gasteiger partial charge on any atom is -0.420 e. The SMILES string of the molecule is C[C@H]1C[C@@H]1c1nnc(-c2cnc3onc(C4CC4)c3c2)o1. The van der Waals surface area contributed by atoms with E-state index in [4.69, 9.17) is 8.94 Å². The first-order valence-corrected chi connectivity index (χ1v) is 7.38. The van der Waals surface area contributed by atoms with Gasteiger partial charge in [0.2, 0.25) is 11.8 Å². The predicted molar refractivity (Wildman–Crippen MR) is 73.6 cm³/mol. The van der Waals surface area contributed by atoms with Gasteiger partial charge in [0, 0.05) is 18.0 Å². The molecule has 6 nitrogen and oxygen atoms in total. The maximum absolute atomic E-state index is 5.79. The molecule has 2 aliphatic carbocycles. The van der Waals surface area contributed by atoms with Crippen molar-refractivity contribution in [1.29, 1.82) is 0 Å². The average molecular weight is 282 g/mol. The Balaban J connectivity index is 1.57. The van der Waals surface area contributed by atoms with Crippen molar-refractivity contribution < 1.29 is 8.94 Å². The lowest BCUT2D eigenvalue weighted by molar-refractivity contribution is 0.439. The highest BCUT2D eigenvalue weighted by molar-refractivity contribution is 5.81. The van der Waals surface area contributed by atoms with Crippen molar-refractivity contribution >= 4 is 11.1 Å². The van der Waals surface area contributed by atoms with Crippen molar-refractivity contribution in [3.8, 4) is 11.5 Å². The first-order valence-electron chi connectivity index (χ1n) is 7.38. The summed E-state index contributed by atoms with van der Waals surface area (Å²) in [6.07, 6.45) is 5.19. The molecule has 2 aliphatic rings. The highest BCUT2D eigenvalue weighted by atomic mass is 16.5. The van der Waals surface area contributed by atoms with E-state index in [1.807, 2.05) is 6.07 Å². The van der Waals surface area contributed by atoms with Crippen LogP contribution in [-0.2, 0) is 0 Å². The molecular weight excluding hydrogens is 268 g/mol. The molecule has 0 spiro atoms. The van der Waals surface area contributed by atoms with Crippen molar-refractivity contribution in [1.82, 2.24) is 20.3 Å². The lowest BCUT2D eigenvalue weighted by Crippen LogP contribution is -1.83. The van der Waals surface area contributed by atoms with Gasteiger partial charge in [0.25, 0.3) is 5.71 Å². The number of rotatable bonds is 3. The summed E-state index contributed by atoms with van der Waals surface area (Å²) in [5, 5.41) is 13.4. The fourth-order valence-corrected chi connectivity index (χ4v) is 2.79. The number of nitrogens with zero attached hydrogens (tertiary/aromatic N) is 4. The molecule has 5 rings (SSSR count). The van der Waals surface area contributed by atoms with Crippen molar-refractivity contribution in [2.45, 2.75) is 38.0 Å². The van der Waals surface area contributed by atoms with Crippen molar-refractivity contribution in [3.63, 3.8) is 0 Å². The number of hydrogen-bond acceptors (Lipinski definition) is 6. The zero-order valence-corrected chi connectivity index (χ0v) is 11.6. The van der Waals surface area contributed by atoms with Gasteiger partial charge >= 0.3 is 0 Å². The number of fused-ring (bicyclic) bond motifs is 1. The fourth-order valence-electron chi connectivity index (χ4n) is 2.79. The normalized spacial score (nSPS) is 24.6. The number of pyridine rings is 1. The lowest BCUT2D eigenvalue weighted by atomic mass is 10.1. The zero-order chi connectivity index (χ0) is 14.0. The van der Waals surface area contributed by atoms with Gasteiger partial charge in [0.1, 0.15) is 0 Å². The lowest BCUT2D eigenvalue weighted by Gasteiger charge is -1.95. The van der Waals surface area contributed by atoms with Crippen LogP contribution in [0.2, 0.25) is 0 Å². The van der Waals surface area contributed by atoms with Crippen LogP contribution in [0.5, 0.6) is 0 Å². The first-order chi connectivity index (χ1) is 10.3. The topological polar surface area (TPSA) is 77.8 Å². The molecule has 0 amide bonds. The summed E-state index contributed by atoms with van der Waals surface area (Å²) in [4.78, 5) is 4.32. The van der Waals surface area contributed by atoms with Gasteiger partial charge in [-0.1, -0.05) is 12.1 Å². The van der Waals surface area contributed by atoms with E-state index in [0.29, 0.717) is 29.4 Å². The second-order valence-electron chi connectivity index (χ2n) is 6.18. The third kappa shape index (κ3) is 1.78. The van der Waals surface area contributed by atoms with Gasteiger partial charge in [-0.15, -0.1) is 10.2 Å². The molecule has 3 aromatic heterocycles. The fraction of sp³-hybridized carbons (Fsp3) is 0.467. The molecule has 0 radical (unpaired) electrons. The van der Waals surface area contributed by atoms with Gasteiger partial charge in [-0.05, 0) is 31.2 Å². The molecule has 0 N–H and O–H groups in total. The molecule has 2 fully saturated rings. The van der Waals surface area contributed by atoms with Gasteiger partial charge in [-0.3, -0.25) is 0 Å². The number of aromatic nitrogens is 4. The Labute approximate surface area is 120 Å². The van der Waals surface area contributed by atoms with Crippen molar-refractivity contribution in [2.24, 2.45) is 5.92 Å². The average Bonchev–Trinajstić information content (AvgIpc) is 3.37. The first kappa shape index (κ1) is 11.4. The van der Waals surface area contributed by atoms with Crippen LogP contribution in [0.15, 0.2) is 21.2 Å². The Morgan fingerprint density at radius 3 is 2.86 bits per heavy atom. The molecule has 0 unspecified atom stereocenters. The Kier molecular flexibility index (Phi) is 2.12. The van der Waals surface area contributed by atoms with E-state index in [9.17, 15) is 0 Å². The standard InChI is InChI=1S/C15H14N4O2/c1-7-4-10(7)15-18-17-13(20-15)9-5-11-12(8-2-3-8)19-21-14(11)16-6-9/h5-8,10H,2-4H2,1H3/t7-,10-/m0/s1. The Morgan fingerprint density at radius 1 is 1.24 bits per heavy atom.